The third-order valence-electron chi connectivity index (χ3n) is 1.83. The normalized spacial score (nSPS) is 10.4. The van der Waals surface area contributed by atoms with Gasteiger partial charge < -0.3 is 4.42 Å². The second kappa shape index (κ2) is 4.11. The summed E-state index contributed by atoms with van der Waals surface area (Å²) in [6, 6.07) is 5.58. The molecular formula is C10H7BrO2S. The molecule has 2 heterocycles. The van der Waals surface area contributed by atoms with Crippen LogP contribution in [0, 0.1) is 0 Å². The van der Waals surface area contributed by atoms with Gasteiger partial charge in [-0.15, -0.1) is 11.3 Å². The maximum atomic E-state index is 11.7. The Morgan fingerprint density at radius 2 is 2.36 bits per heavy atom. The molecule has 0 saturated carbocycles. The van der Waals surface area contributed by atoms with E-state index in [1.54, 1.807) is 17.4 Å². The van der Waals surface area contributed by atoms with Crippen molar-refractivity contribution in [3.05, 3.63) is 45.0 Å². The topological polar surface area (TPSA) is 30.2 Å². The van der Waals surface area contributed by atoms with Crippen LogP contribution in [0.4, 0.5) is 0 Å². The zero-order chi connectivity index (χ0) is 9.97. The molecule has 72 valence electrons. The highest BCUT2D eigenvalue weighted by Crippen LogP contribution is 2.20. The maximum Gasteiger partial charge on any atom is 0.179 e. The molecular weight excluding hydrogens is 264 g/mol. The van der Waals surface area contributed by atoms with Crippen molar-refractivity contribution < 1.29 is 9.21 Å². The Kier molecular flexibility index (Phi) is 2.84. The lowest BCUT2D eigenvalue weighted by Gasteiger charge is -1.95. The molecule has 2 rings (SSSR count). The first-order chi connectivity index (χ1) is 6.77. The molecule has 0 bridgehead atoms. The zero-order valence-corrected chi connectivity index (χ0v) is 9.60. The van der Waals surface area contributed by atoms with Crippen LogP contribution in [-0.2, 0) is 6.42 Å². The first-order valence-corrected chi connectivity index (χ1v) is 5.73. The molecule has 0 fully saturated rings. The number of rotatable bonds is 3. The van der Waals surface area contributed by atoms with E-state index in [1.807, 2.05) is 17.5 Å². The van der Waals surface area contributed by atoms with Crippen molar-refractivity contribution in [2.24, 2.45) is 0 Å². The monoisotopic (exact) mass is 270 g/mol. The minimum absolute atomic E-state index is 0.0769. The van der Waals surface area contributed by atoms with E-state index in [1.165, 1.54) is 6.26 Å². The number of thiophene rings is 1. The van der Waals surface area contributed by atoms with Gasteiger partial charge in [-0.05, 0) is 33.4 Å². The van der Waals surface area contributed by atoms with E-state index in [4.69, 9.17) is 4.42 Å². The summed E-state index contributed by atoms with van der Waals surface area (Å²) in [6.07, 6.45) is 1.95. The second-order valence-corrected chi connectivity index (χ2v) is 4.54. The molecule has 2 nitrogen and oxygen atoms in total. The summed E-state index contributed by atoms with van der Waals surface area (Å²) in [4.78, 5) is 12.8. The van der Waals surface area contributed by atoms with Crippen LogP contribution in [0.25, 0.3) is 0 Å². The highest BCUT2D eigenvalue weighted by molar-refractivity contribution is 9.10. The smallest absolute Gasteiger partial charge is 0.179 e. The van der Waals surface area contributed by atoms with Gasteiger partial charge in [0, 0.05) is 11.3 Å². The predicted octanol–water partition coefficient (Wildman–Crippen LogP) is 3.53. The van der Waals surface area contributed by atoms with E-state index < -0.39 is 0 Å². The first-order valence-electron chi connectivity index (χ1n) is 4.06. The van der Waals surface area contributed by atoms with Crippen LogP contribution in [0.15, 0.2) is 38.9 Å². The number of ketones is 1. The standard InChI is InChI=1S/C10H7BrO2S/c11-10-8(3-4-13-10)9(12)6-7-2-1-5-14-7/h1-5H,6H2. The Bertz CT molecular complexity index is 431. The molecule has 0 aliphatic rings. The summed E-state index contributed by atoms with van der Waals surface area (Å²) in [5, 5.41) is 1.97. The summed E-state index contributed by atoms with van der Waals surface area (Å²) >= 11 is 4.77. The molecule has 0 spiro atoms. The van der Waals surface area contributed by atoms with Gasteiger partial charge in [-0.2, -0.15) is 0 Å². The van der Waals surface area contributed by atoms with Crippen LogP contribution in [0.1, 0.15) is 15.2 Å². The quantitative estimate of drug-likeness (QED) is 0.799. The summed E-state index contributed by atoms with van der Waals surface area (Å²) in [6.45, 7) is 0. The van der Waals surface area contributed by atoms with Crippen LogP contribution >= 0.6 is 27.3 Å². The molecule has 0 atom stereocenters. The van der Waals surface area contributed by atoms with E-state index in [9.17, 15) is 4.79 Å². The van der Waals surface area contributed by atoms with Crippen molar-refractivity contribution in [3.8, 4) is 0 Å². The summed E-state index contributed by atoms with van der Waals surface area (Å²) < 4.78 is 5.52. The summed E-state index contributed by atoms with van der Waals surface area (Å²) in [5.74, 6) is 0.0769. The fraction of sp³-hybridized carbons (Fsp3) is 0.100. The fourth-order valence-corrected chi connectivity index (χ4v) is 2.32. The molecule has 2 aromatic rings. The zero-order valence-electron chi connectivity index (χ0n) is 7.20. The number of carbonyl (C=O) groups excluding carboxylic acids is 1. The van der Waals surface area contributed by atoms with Gasteiger partial charge in [-0.3, -0.25) is 4.79 Å². The lowest BCUT2D eigenvalue weighted by molar-refractivity contribution is 0.0992. The molecule has 0 amide bonds. The summed E-state index contributed by atoms with van der Waals surface area (Å²) in [7, 11) is 0. The van der Waals surface area contributed by atoms with Crippen molar-refractivity contribution in [3.63, 3.8) is 0 Å². The minimum Gasteiger partial charge on any atom is -0.457 e. The maximum absolute atomic E-state index is 11.7. The van der Waals surface area contributed by atoms with Gasteiger partial charge in [-0.25, -0.2) is 0 Å². The van der Waals surface area contributed by atoms with Gasteiger partial charge in [0.25, 0.3) is 0 Å². The van der Waals surface area contributed by atoms with Crippen LogP contribution < -0.4 is 0 Å². The molecule has 0 saturated heterocycles. The average Bonchev–Trinajstić information content (AvgIpc) is 2.75. The van der Waals surface area contributed by atoms with Crippen molar-refractivity contribution in [1.82, 2.24) is 0 Å². The first kappa shape index (κ1) is 9.68. The third kappa shape index (κ3) is 1.96. The number of carbonyl (C=O) groups is 1. The number of furan rings is 1. The molecule has 0 aliphatic carbocycles. The van der Waals surface area contributed by atoms with Crippen LogP contribution in [-0.4, -0.2) is 5.78 Å². The van der Waals surface area contributed by atoms with Crippen molar-refractivity contribution in [1.29, 1.82) is 0 Å². The second-order valence-electron chi connectivity index (χ2n) is 2.79. The number of hydrogen-bond acceptors (Lipinski definition) is 3. The minimum atomic E-state index is 0.0769. The van der Waals surface area contributed by atoms with Crippen LogP contribution in [0.2, 0.25) is 0 Å². The molecule has 0 aromatic carbocycles. The van der Waals surface area contributed by atoms with E-state index in [-0.39, 0.29) is 5.78 Å². The number of hydrogen-bond donors (Lipinski definition) is 0. The lowest BCUT2D eigenvalue weighted by Crippen LogP contribution is -2.00. The number of halogens is 1. The Balaban J connectivity index is 2.14. The van der Waals surface area contributed by atoms with E-state index in [0.717, 1.165) is 4.88 Å². The SMILES string of the molecule is O=C(Cc1cccs1)c1ccoc1Br. The molecule has 4 heteroatoms. The van der Waals surface area contributed by atoms with Crippen LogP contribution in [0.3, 0.4) is 0 Å². The van der Waals surface area contributed by atoms with Crippen molar-refractivity contribution >= 4 is 33.0 Å². The Morgan fingerprint density at radius 3 is 2.93 bits per heavy atom. The molecule has 14 heavy (non-hydrogen) atoms. The van der Waals surface area contributed by atoms with Gasteiger partial charge in [0.1, 0.15) is 0 Å². The summed E-state index contributed by atoms with van der Waals surface area (Å²) in [5.41, 5.74) is 0.610. The largest absolute Gasteiger partial charge is 0.457 e. The third-order valence-corrected chi connectivity index (χ3v) is 3.32. The molecule has 2 aromatic heterocycles. The van der Waals surface area contributed by atoms with Crippen molar-refractivity contribution in [2.75, 3.05) is 0 Å². The average molecular weight is 271 g/mol. The molecule has 0 radical (unpaired) electrons. The highest BCUT2D eigenvalue weighted by atomic mass is 79.9. The van der Waals surface area contributed by atoms with E-state index >= 15 is 0 Å². The molecule has 0 unspecified atom stereocenters. The van der Waals surface area contributed by atoms with Gasteiger partial charge in [-0.1, -0.05) is 6.07 Å². The molecule has 0 aliphatic heterocycles. The fourth-order valence-electron chi connectivity index (χ4n) is 1.16. The lowest BCUT2D eigenvalue weighted by atomic mass is 10.1. The van der Waals surface area contributed by atoms with E-state index in [2.05, 4.69) is 15.9 Å². The van der Waals surface area contributed by atoms with Crippen molar-refractivity contribution in [2.45, 2.75) is 6.42 Å². The molecule has 0 N–H and O–H groups in total. The Hall–Kier alpha value is -0.870. The van der Waals surface area contributed by atoms with Gasteiger partial charge in [0.05, 0.1) is 11.8 Å². The predicted molar refractivity (Wildman–Crippen MR) is 58.8 cm³/mol. The number of Topliss-reactive ketones (excluding diaryl/α,β-unsaturated/α-hetero) is 1. The van der Waals surface area contributed by atoms with Gasteiger partial charge in [0.2, 0.25) is 0 Å². The highest BCUT2D eigenvalue weighted by Gasteiger charge is 2.13. The van der Waals surface area contributed by atoms with Gasteiger partial charge >= 0.3 is 0 Å². The van der Waals surface area contributed by atoms with E-state index in [0.29, 0.717) is 16.7 Å². The Labute approximate surface area is 93.7 Å². The van der Waals surface area contributed by atoms with Crippen LogP contribution in [0.5, 0.6) is 0 Å². The Morgan fingerprint density at radius 1 is 1.50 bits per heavy atom. The van der Waals surface area contributed by atoms with Gasteiger partial charge in [0.15, 0.2) is 10.5 Å².